The van der Waals surface area contributed by atoms with Gasteiger partial charge in [-0.3, -0.25) is 9.59 Å². The number of ether oxygens (including phenoxy) is 1. The van der Waals surface area contributed by atoms with Gasteiger partial charge in [-0.05, 0) is 23.8 Å². The van der Waals surface area contributed by atoms with Crippen LogP contribution in [0.5, 0.6) is 5.75 Å². The third-order valence-electron chi connectivity index (χ3n) is 3.24. The Morgan fingerprint density at radius 3 is 2.64 bits per heavy atom. The minimum atomic E-state index is -0.490. The van der Waals surface area contributed by atoms with Gasteiger partial charge in [-0.15, -0.1) is 0 Å². The molecule has 0 unspecified atom stereocenters. The van der Waals surface area contributed by atoms with Crippen LogP contribution in [0.4, 0.5) is 0 Å². The van der Waals surface area contributed by atoms with E-state index < -0.39 is 5.91 Å². The fourth-order valence-corrected chi connectivity index (χ4v) is 2.40. The van der Waals surface area contributed by atoms with Gasteiger partial charge in [-0.2, -0.15) is 5.10 Å². The molecule has 6 nitrogen and oxygen atoms in total. The molecule has 25 heavy (non-hydrogen) atoms. The lowest BCUT2D eigenvalue weighted by atomic mass is 10.2. The molecule has 2 amide bonds. The zero-order valence-corrected chi connectivity index (χ0v) is 15.2. The van der Waals surface area contributed by atoms with E-state index in [1.165, 1.54) is 6.21 Å². The monoisotopic (exact) mass is 403 g/mol. The molecule has 0 radical (unpaired) electrons. The number of nitrogens with one attached hydrogen (secondary N) is 2. The minimum Gasteiger partial charge on any atom is -0.496 e. The van der Waals surface area contributed by atoms with Crippen LogP contribution in [0.15, 0.2) is 58.1 Å². The van der Waals surface area contributed by atoms with Crippen LogP contribution in [0.1, 0.15) is 17.5 Å². The molecule has 0 saturated carbocycles. The topological polar surface area (TPSA) is 79.8 Å². The lowest BCUT2D eigenvalue weighted by Crippen LogP contribution is -2.29. The van der Waals surface area contributed by atoms with Crippen LogP contribution in [-0.4, -0.2) is 25.1 Å². The maximum absolute atomic E-state index is 11.8. The van der Waals surface area contributed by atoms with Gasteiger partial charge in [0.25, 0.3) is 0 Å². The fraction of sp³-hybridized carbons (Fsp3) is 0.167. The maximum atomic E-state index is 11.8. The van der Waals surface area contributed by atoms with Crippen LogP contribution in [-0.2, 0) is 16.1 Å². The summed E-state index contributed by atoms with van der Waals surface area (Å²) in [6, 6.07) is 14.9. The van der Waals surface area contributed by atoms with Gasteiger partial charge in [0, 0.05) is 16.6 Å². The van der Waals surface area contributed by atoms with Crippen LogP contribution in [0, 0.1) is 0 Å². The number of benzene rings is 2. The van der Waals surface area contributed by atoms with E-state index in [2.05, 4.69) is 31.8 Å². The van der Waals surface area contributed by atoms with Gasteiger partial charge in [0.05, 0.1) is 13.3 Å². The smallest absolute Gasteiger partial charge is 0.249 e. The maximum Gasteiger partial charge on any atom is 0.249 e. The lowest BCUT2D eigenvalue weighted by Gasteiger charge is -2.05. The van der Waals surface area contributed by atoms with E-state index in [9.17, 15) is 9.59 Å². The molecule has 130 valence electrons. The first-order chi connectivity index (χ1) is 12.1. The predicted molar refractivity (Wildman–Crippen MR) is 99.3 cm³/mol. The summed E-state index contributed by atoms with van der Waals surface area (Å²) in [7, 11) is 1.55. The van der Waals surface area contributed by atoms with Gasteiger partial charge in [-0.25, -0.2) is 5.43 Å². The Bertz CT molecular complexity index is 763. The summed E-state index contributed by atoms with van der Waals surface area (Å²) >= 11 is 3.36. The molecule has 2 aromatic carbocycles. The van der Waals surface area contributed by atoms with Crippen LogP contribution >= 0.6 is 15.9 Å². The zero-order valence-electron chi connectivity index (χ0n) is 13.7. The van der Waals surface area contributed by atoms with E-state index in [4.69, 9.17) is 4.74 Å². The second kappa shape index (κ2) is 9.58. The van der Waals surface area contributed by atoms with Crippen molar-refractivity contribution in [3.05, 3.63) is 64.1 Å². The molecule has 0 aliphatic carbocycles. The quantitative estimate of drug-likeness (QED) is 0.423. The van der Waals surface area contributed by atoms with Gasteiger partial charge in [-0.1, -0.05) is 46.3 Å². The molecule has 0 atom stereocenters. The Kier molecular flexibility index (Phi) is 7.16. The first-order valence-corrected chi connectivity index (χ1v) is 8.34. The summed E-state index contributed by atoms with van der Waals surface area (Å²) in [5.74, 6) is -0.228. The van der Waals surface area contributed by atoms with Crippen molar-refractivity contribution in [2.24, 2.45) is 5.10 Å². The van der Waals surface area contributed by atoms with E-state index >= 15 is 0 Å². The third-order valence-corrected chi connectivity index (χ3v) is 3.73. The van der Waals surface area contributed by atoms with E-state index in [1.54, 1.807) is 19.2 Å². The number of methoxy groups -OCH3 is 1. The molecule has 0 aliphatic rings. The Labute approximate surface area is 154 Å². The van der Waals surface area contributed by atoms with Crippen LogP contribution in [0.2, 0.25) is 0 Å². The van der Waals surface area contributed by atoms with Crippen molar-refractivity contribution < 1.29 is 14.3 Å². The highest BCUT2D eigenvalue weighted by atomic mass is 79.9. The number of rotatable bonds is 7. The van der Waals surface area contributed by atoms with Gasteiger partial charge in [0.2, 0.25) is 11.8 Å². The molecule has 2 rings (SSSR count). The molecule has 0 heterocycles. The molecule has 0 fully saturated rings. The molecular weight excluding hydrogens is 386 g/mol. The number of halogens is 1. The lowest BCUT2D eigenvalue weighted by molar-refractivity contribution is -0.129. The van der Waals surface area contributed by atoms with Crippen molar-refractivity contribution in [2.75, 3.05) is 7.11 Å². The van der Waals surface area contributed by atoms with Gasteiger partial charge < -0.3 is 10.1 Å². The summed E-state index contributed by atoms with van der Waals surface area (Å²) in [6.07, 6.45) is 1.17. The van der Waals surface area contributed by atoms with Crippen molar-refractivity contribution in [1.82, 2.24) is 10.7 Å². The third kappa shape index (κ3) is 6.39. The highest BCUT2D eigenvalue weighted by molar-refractivity contribution is 9.10. The number of carbonyl (C=O) groups excluding carboxylic acids is 2. The summed E-state index contributed by atoms with van der Waals surface area (Å²) in [5.41, 5.74) is 4.00. The molecule has 7 heteroatoms. The highest BCUT2D eigenvalue weighted by Gasteiger charge is 2.08. The van der Waals surface area contributed by atoms with E-state index in [0.717, 1.165) is 10.0 Å². The Morgan fingerprint density at radius 1 is 1.16 bits per heavy atom. The number of hydrogen-bond donors (Lipinski definition) is 2. The highest BCUT2D eigenvalue weighted by Crippen LogP contribution is 2.21. The second-order valence-electron chi connectivity index (χ2n) is 5.12. The predicted octanol–water partition coefficient (Wildman–Crippen LogP) is 2.61. The molecular formula is C18H18BrN3O3. The van der Waals surface area contributed by atoms with Crippen molar-refractivity contribution in [3.8, 4) is 5.75 Å². The van der Waals surface area contributed by atoms with Crippen LogP contribution in [0.3, 0.4) is 0 Å². The van der Waals surface area contributed by atoms with E-state index in [1.807, 2.05) is 36.4 Å². The fourth-order valence-electron chi connectivity index (χ4n) is 2.02. The van der Waals surface area contributed by atoms with E-state index in [-0.39, 0.29) is 12.3 Å². The van der Waals surface area contributed by atoms with Crippen molar-refractivity contribution >= 4 is 34.0 Å². The standard InChI is InChI=1S/C18H18BrN3O3/c1-25-16-8-7-15(19)9-14(16)12-21-22-18(24)10-17(23)20-11-13-5-3-2-4-6-13/h2-9,12H,10-11H2,1H3,(H,20,23)(H,22,24)/b21-12+. The van der Waals surface area contributed by atoms with Gasteiger partial charge in [0.1, 0.15) is 12.2 Å². The number of carbonyl (C=O) groups is 2. The second-order valence-corrected chi connectivity index (χ2v) is 6.03. The van der Waals surface area contributed by atoms with Crippen LogP contribution < -0.4 is 15.5 Å². The van der Waals surface area contributed by atoms with E-state index in [0.29, 0.717) is 17.9 Å². The van der Waals surface area contributed by atoms with Crippen molar-refractivity contribution in [2.45, 2.75) is 13.0 Å². The normalized spacial score (nSPS) is 10.5. The molecule has 0 saturated heterocycles. The molecule has 0 aliphatic heterocycles. The summed E-state index contributed by atoms with van der Waals surface area (Å²) in [6.45, 7) is 0.380. The molecule has 0 bridgehead atoms. The van der Waals surface area contributed by atoms with Crippen molar-refractivity contribution in [1.29, 1.82) is 0 Å². The van der Waals surface area contributed by atoms with Gasteiger partial charge >= 0.3 is 0 Å². The summed E-state index contributed by atoms with van der Waals surface area (Å²) in [4.78, 5) is 23.5. The first kappa shape index (κ1) is 18.7. The summed E-state index contributed by atoms with van der Waals surface area (Å²) in [5, 5.41) is 6.54. The van der Waals surface area contributed by atoms with Crippen molar-refractivity contribution in [3.63, 3.8) is 0 Å². The number of amides is 2. The zero-order chi connectivity index (χ0) is 18.1. The molecule has 0 aromatic heterocycles. The molecule has 2 aromatic rings. The molecule has 0 spiro atoms. The molecule has 2 N–H and O–H groups in total. The number of hydrogen-bond acceptors (Lipinski definition) is 4. The number of nitrogens with zero attached hydrogens (tertiary/aromatic N) is 1. The minimum absolute atomic E-state index is 0.292. The van der Waals surface area contributed by atoms with Crippen LogP contribution in [0.25, 0.3) is 0 Å². The Morgan fingerprint density at radius 2 is 1.92 bits per heavy atom. The Balaban J connectivity index is 1.80. The van der Waals surface area contributed by atoms with Gasteiger partial charge in [0.15, 0.2) is 0 Å². The average Bonchev–Trinajstić information content (AvgIpc) is 2.61. The first-order valence-electron chi connectivity index (χ1n) is 7.54. The SMILES string of the molecule is COc1ccc(Br)cc1/C=N/NC(=O)CC(=O)NCc1ccccc1. The number of hydrazone groups is 1. The average molecular weight is 404 g/mol. The summed E-state index contributed by atoms with van der Waals surface area (Å²) < 4.78 is 6.07. The Hall–Kier alpha value is -2.67. The largest absolute Gasteiger partial charge is 0.496 e.